The summed E-state index contributed by atoms with van der Waals surface area (Å²) in [5, 5.41) is 10.5. The van der Waals surface area contributed by atoms with Gasteiger partial charge in [0.2, 0.25) is 5.82 Å². The molecule has 0 spiro atoms. The number of rotatable bonds is 4. The molecule has 0 fully saturated rings. The van der Waals surface area contributed by atoms with Crippen molar-refractivity contribution in [2.75, 3.05) is 7.11 Å². The van der Waals surface area contributed by atoms with Gasteiger partial charge < -0.3 is 10.5 Å². The fourth-order valence-electron chi connectivity index (χ4n) is 1.28. The number of halogens is 2. The normalized spacial score (nSPS) is 11.3. The molecule has 0 heterocycles. The number of methoxy groups -OCH3 is 1. The average Bonchev–Trinajstić information content (AvgIpc) is 2.28. The van der Waals surface area contributed by atoms with E-state index in [-0.39, 0.29) is 18.8 Å². The van der Waals surface area contributed by atoms with Crippen LogP contribution in [0.4, 0.5) is 10.1 Å². The summed E-state index contributed by atoms with van der Waals surface area (Å²) in [6.07, 6.45) is -0.126. The number of benzene rings is 1. The number of hydrogen-bond donors (Lipinski definition) is 1. The zero-order chi connectivity index (χ0) is 13.0. The molecular formula is C10H12ClFN2O4. The molecule has 0 bridgehead atoms. The van der Waals surface area contributed by atoms with Gasteiger partial charge in [-0.1, -0.05) is 6.07 Å². The van der Waals surface area contributed by atoms with Crippen molar-refractivity contribution in [3.05, 3.63) is 39.7 Å². The minimum absolute atomic E-state index is 0. The van der Waals surface area contributed by atoms with Crippen molar-refractivity contribution in [2.45, 2.75) is 12.5 Å². The first kappa shape index (κ1) is 16.3. The minimum atomic E-state index is -0.941. The molecule has 8 heteroatoms. The van der Waals surface area contributed by atoms with Crippen molar-refractivity contribution in [1.29, 1.82) is 0 Å². The number of nitro groups is 1. The van der Waals surface area contributed by atoms with Gasteiger partial charge in [-0.15, -0.1) is 12.4 Å². The lowest BCUT2D eigenvalue weighted by molar-refractivity contribution is -0.387. The van der Waals surface area contributed by atoms with Crippen molar-refractivity contribution >= 4 is 24.1 Å². The summed E-state index contributed by atoms with van der Waals surface area (Å²) in [4.78, 5) is 20.6. The molecular weight excluding hydrogens is 267 g/mol. The summed E-state index contributed by atoms with van der Waals surface area (Å²) in [7, 11) is 1.21. The fraction of sp³-hybridized carbons (Fsp3) is 0.300. The predicted octanol–water partition coefficient (Wildman–Crippen LogP) is 1.72. The highest BCUT2D eigenvalue weighted by Gasteiger charge is 2.18. The monoisotopic (exact) mass is 278 g/mol. The van der Waals surface area contributed by atoms with Gasteiger partial charge in [-0.05, 0) is 11.6 Å². The van der Waals surface area contributed by atoms with Crippen molar-refractivity contribution in [3.63, 3.8) is 0 Å². The van der Waals surface area contributed by atoms with E-state index in [1.165, 1.54) is 13.2 Å². The summed E-state index contributed by atoms with van der Waals surface area (Å²) < 4.78 is 17.5. The van der Waals surface area contributed by atoms with Crippen molar-refractivity contribution < 1.29 is 18.8 Å². The lowest BCUT2D eigenvalue weighted by Crippen LogP contribution is -2.16. The van der Waals surface area contributed by atoms with E-state index >= 15 is 0 Å². The zero-order valence-corrected chi connectivity index (χ0v) is 10.3. The van der Waals surface area contributed by atoms with Crippen molar-refractivity contribution in [2.24, 2.45) is 5.73 Å². The van der Waals surface area contributed by atoms with Crippen LogP contribution in [0.5, 0.6) is 0 Å². The lowest BCUT2D eigenvalue weighted by Gasteiger charge is -2.10. The third-order valence-electron chi connectivity index (χ3n) is 2.21. The molecule has 6 nitrogen and oxygen atoms in total. The Labute approximate surface area is 108 Å². The Morgan fingerprint density at radius 2 is 2.22 bits per heavy atom. The van der Waals surface area contributed by atoms with Gasteiger partial charge in [-0.25, -0.2) is 0 Å². The van der Waals surface area contributed by atoms with E-state index in [1.54, 1.807) is 0 Å². The highest BCUT2D eigenvalue weighted by Crippen LogP contribution is 2.23. The van der Waals surface area contributed by atoms with Crippen LogP contribution in [0.15, 0.2) is 18.2 Å². The molecule has 18 heavy (non-hydrogen) atoms. The van der Waals surface area contributed by atoms with Crippen LogP contribution in [0.1, 0.15) is 18.0 Å². The van der Waals surface area contributed by atoms with E-state index in [9.17, 15) is 19.3 Å². The average molecular weight is 279 g/mol. The topological polar surface area (TPSA) is 95.5 Å². The third-order valence-corrected chi connectivity index (χ3v) is 2.21. The maximum atomic E-state index is 13.0. The first-order chi connectivity index (χ1) is 7.95. The number of carbonyl (C=O) groups is 1. The number of nitrogens with two attached hydrogens (primary N) is 1. The second-order valence-corrected chi connectivity index (χ2v) is 3.35. The molecule has 1 aromatic rings. The Kier molecular flexibility index (Phi) is 6.21. The molecule has 1 aromatic carbocycles. The molecule has 1 rings (SSSR count). The first-order valence-electron chi connectivity index (χ1n) is 4.72. The highest BCUT2D eigenvalue weighted by atomic mass is 35.5. The largest absolute Gasteiger partial charge is 0.469 e. The predicted molar refractivity (Wildman–Crippen MR) is 63.9 cm³/mol. The second kappa shape index (κ2) is 6.87. The maximum absolute atomic E-state index is 13.0. The maximum Gasteiger partial charge on any atom is 0.307 e. The summed E-state index contributed by atoms with van der Waals surface area (Å²) in [5.74, 6) is -1.48. The Morgan fingerprint density at radius 1 is 1.61 bits per heavy atom. The second-order valence-electron chi connectivity index (χ2n) is 3.35. The summed E-state index contributed by atoms with van der Waals surface area (Å²) >= 11 is 0. The van der Waals surface area contributed by atoms with E-state index in [4.69, 9.17) is 5.73 Å². The molecule has 0 aliphatic rings. The van der Waals surface area contributed by atoms with Gasteiger partial charge in [0.25, 0.3) is 0 Å². The van der Waals surface area contributed by atoms with Crippen LogP contribution in [-0.2, 0) is 9.53 Å². The molecule has 0 aromatic heterocycles. The molecule has 0 saturated heterocycles. The van der Waals surface area contributed by atoms with E-state index in [0.717, 1.165) is 12.1 Å². The molecule has 2 N–H and O–H groups in total. The van der Waals surface area contributed by atoms with E-state index in [0.29, 0.717) is 5.56 Å². The van der Waals surface area contributed by atoms with Crippen LogP contribution in [0.2, 0.25) is 0 Å². The molecule has 0 saturated carbocycles. The van der Waals surface area contributed by atoms with Gasteiger partial charge >= 0.3 is 11.7 Å². The summed E-state index contributed by atoms with van der Waals surface area (Å²) in [6.45, 7) is 0. The molecule has 1 atom stereocenters. The van der Waals surface area contributed by atoms with E-state index in [2.05, 4.69) is 4.74 Å². The van der Waals surface area contributed by atoms with Gasteiger partial charge in [0.1, 0.15) is 0 Å². The quantitative estimate of drug-likeness (QED) is 0.514. The number of esters is 1. The van der Waals surface area contributed by atoms with Crippen LogP contribution >= 0.6 is 12.4 Å². The number of nitro benzene ring substituents is 1. The summed E-state index contributed by atoms with van der Waals surface area (Å²) in [5.41, 5.74) is 5.29. The van der Waals surface area contributed by atoms with Crippen LogP contribution < -0.4 is 5.73 Å². The Morgan fingerprint density at radius 3 is 2.72 bits per heavy atom. The number of nitrogens with zero attached hydrogens (tertiary/aromatic N) is 1. The van der Waals surface area contributed by atoms with Crippen LogP contribution in [0, 0.1) is 15.9 Å². The third kappa shape index (κ3) is 3.94. The van der Waals surface area contributed by atoms with Crippen molar-refractivity contribution in [1.82, 2.24) is 0 Å². The molecule has 0 amide bonds. The summed E-state index contributed by atoms with van der Waals surface area (Å²) in [6, 6.07) is 2.51. The molecule has 0 aliphatic carbocycles. The van der Waals surface area contributed by atoms with Gasteiger partial charge in [0.15, 0.2) is 0 Å². The molecule has 0 radical (unpaired) electrons. The van der Waals surface area contributed by atoms with E-state index in [1.807, 2.05) is 0 Å². The number of carbonyl (C=O) groups excluding carboxylic acids is 1. The standard InChI is InChI=1S/C10H11FN2O4.ClH/c1-17-10(14)5-8(12)6-2-3-7(11)9(4-6)13(15)16;/h2-4,8H,5,12H2,1H3;1H/t8-;/m0./s1. The van der Waals surface area contributed by atoms with Gasteiger partial charge in [0.05, 0.1) is 18.5 Å². The van der Waals surface area contributed by atoms with Crippen molar-refractivity contribution in [3.8, 4) is 0 Å². The Balaban J connectivity index is 0.00000289. The molecule has 100 valence electrons. The zero-order valence-electron chi connectivity index (χ0n) is 9.46. The first-order valence-corrected chi connectivity index (χ1v) is 4.72. The Bertz CT molecular complexity index is 456. The van der Waals surface area contributed by atoms with Gasteiger partial charge in [-0.3, -0.25) is 14.9 Å². The number of hydrogen-bond acceptors (Lipinski definition) is 5. The lowest BCUT2D eigenvalue weighted by atomic mass is 10.0. The smallest absolute Gasteiger partial charge is 0.307 e. The molecule has 0 unspecified atom stereocenters. The van der Waals surface area contributed by atoms with Crippen LogP contribution in [0.3, 0.4) is 0 Å². The van der Waals surface area contributed by atoms with Crippen LogP contribution in [-0.4, -0.2) is 18.0 Å². The van der Waals surface area contributed by atoms with Gasteiger partial charge in [-0.2, -0.15) is 4.39 Å². The SMILES string of the molecule is COC(=O)C[C@H](N)c1ccc(F)c([N+](=O)[O-])c1.Cl. The Hall–Kier alpha value is -1.73. The number of ether oxygens (including phenoxy) is 1. The molecule has 0 aliphatic heterocycles. The van der Waals surface area contributed by atoms with Gasteiger partial charge in [0, 0.05) is 12.1 Å². The van der Waals surface area contributed by atoms with E-state index < -0.39 is 28.4 Å². The van der Waals surface area contributed by atoms with Crippen LogP contribution in [0.25, 0.3) is 0 Å². The highest BCUT2D eigenvalue weighted by molar-refractivity contribution is 5.85. The minimum Gasteiger partial charge on any atom is -0.469 e. The fourth-order valence-corrected chi connectivity index (χ4v) is 1.28.